The van der Waals surface area contributed by atoms with E-state index >= 15 is 0 Å². The third-order valence-electron chi connectivity index (χ3n) is 5.00. The Balaban J connectivity index is 1.48. The Bertz CT molecular complexity index is 1010. The standard InChI is InChI=1S/C21H20F3N3O4/c1-29-16-6-2-13(3-7-16)11-27-12-15(28)10-18(27)20-25-19(26-31-20)14-4-8-17(9-5-14)30-21(22,23)24/h2-9,15,18,28H,10-12H2,1H3. The molecular formula is C21H20F3N3O4. The van der Waals surface area contributed by atoms with Gasteiger partial charge in [-0.25, -0.2) is 0 Å². The molecule has 3 aromatic rings. The van der Waals surface area contributed by atoms with E-state index in [0.717, 1.165) is 11.3 Å². The first-order chi connectivity index (χ1) is 14.8. The number of rotatable bonds is 6. The highest BCUT2D eigenvalue weighted by atomic mass is 19.4. The van der Waals surface area contributed by atoms with Gasteiger partial charge >= 0.3 is 6.36 Å². The minimum absolute atomic E-state index is 0.249. The van der Waals surface area contributed by atoms with E-state index < -0.39 is 12.5 Å². The van der Waals surface area contributed by atoms with Crippen LogP contribution < -0.4 is 9.47 Å². The van der Waals surface area contributed by atoms with Crippen molar-refractivity contribution in [2.45, 2.75) is 31.5 Å². The summed E-state index contributed by atoms with van der Waals surface area (Å²) in [4.78, 5) is 6.45. The number of ether oxygens (including phenoxy) is 2. The fraction of sp³-hybridized carbons (Fsp3) is 0.333. The van der Waals surface area contributed by atoms with Crippen LogP contribution in [0.15, 0.2) is 53.1 Å². The Morgan fingerprint density at radius 1 is 1.10 bits per heavy atom. The monoisotopic (exact) mass is 435 g/mol. The number of aromatic nitrogens is 2. The molecule has 2 atom stereocenters. The van der Waals surface area contributed by atoms with E-state index in [1.807, 2.05) is 29.2 Å². The lowest BCUT2D eigenvalue weighted by Crippen LogP contribution is -2.24. The first-order valence-corrected chi connectivity index (χ1v) is 9.55. The van der Waals surface area contributed by atoms with Gasteiger partial charge in [-0.3, -0.25) is 4.90 Å². The molecule has 0 spiro atoms. The molecule has 4 rings (SSSR count). The zero-order valence-electron chi connectivity index (χ0n) is 16.5. The van der Waals surface area contributed by atoms with Crippen LogP contribution in [-0.2, 0) is 6.54 Å². The molecule has 2 unspecified atom stereocenters. The molecule has 1 aliphatic heterocycles. The van der Waals surface area contributed by atoms with Crippen LogP contribution in [0.4, 0.5) is 13.2 Å². The Morgan fingerprint density at radius 3 is 2.42 bits per heavy atom. The normalized spacial score (nSPS) is 19.5. The summed E-state index contributed by atoms with van der Waals surface area (Å²) in [5, 5.41) is 14.1. The zero-order chi connectivity index (χ0) is 22.0. The molecule has 1 fully saturated rings. The molecule has 10 heteroatoms. The highest BCUT2D eigenvalue weighted by Crippen LogP contribution is 2.34. The maximum atomic E-state index is 12.3. The van der Waals surface area contributed by atoms with Crippen molar-refractivity contribution >= 4 is 0 Å². The molecule has 31 heavy (non-hydrogen) atoms. The van der Waals surface area contributed by atoms with Crippen LogP contribution in [0.25, 0.3) is 11.4 Å². The summed E-state index contributed by atoms with van der Waals surface area (Å²) in [5.41, 5.74) is 1.53. The van der Waals surface area contributed by atoms with Crippen molar-refractivity contribution in [3.8, 4) is 22.9 Å². The van der Waals surface area contributed by atoms with Crippen molar-refractivity contribution in [3.05, 3.63) is 60.0 Å². The average Bonchev–Trinajstić information content (AvgIpc) is 3.35. The van der Waals surface area contributed by atoms with Crippen molar-refractivity contribution in [1.82, 2.24) is 15.0 Å². The number of hydrogen-bond acceptors (Lipinski definition) is 7. The van der Waals surface area contributed by atoms with Crippen LogP contribution in [0.1, 0.15) is 23.9 Å². The van der Waals surface area contributed by atoms with Gasteiger partial charge in [0.2, 0.25) is 11.7 Å². The second kappa shape index (κ2) is 8.56. The summed E-state index contributed by atoms with van der Waals surface area (Å²) in [7, 11) is 1.60. The second-order valence-corrected chi connectivity index (χ2v) is 7.21. The molecule has 0 radical (unpaired) electrons. The van der Waals surface area contributed by atoms with Gasteiger partial charge in [0, 0.05) is 18.7 Å². The van der Waals surface area contributed by atoms with Gasteiger partial charge in [-0.15, -0.1) is 13.2 Å². The molecule has 1 N–H and O–H groups in total. The maximum Gasteiger partial charge on any atom is 0.573 e. The number of halogens is 3. The average molecular weight is 435 g/mol. The quantitative estimate of drug-likeness (QED) is 0.628. The first kappa shape index (κ1) is 21.1. The number of likely N-dealkylation sites (tertiary alicyclic amines) is 1. The van der Waals surface area contributed by atoms with Gasteiger partial charge in [0.1, 0.15) is 11.5 Å². The van der Waals surface area contributed by atoms with Gasteiger partial charge in [-0.05, 0) is 48.4 Å². The number of hydrogen-bond donors (Lipinski definition) is 1. The third-order valence-corrected chi connectivity index (χ3v) is 5.00. The van der Waals surface area contributed by atoms with Gasteiger partial charge in [-0.1, -0.05) is 17.3 Å². The summed E-state index contributed by atoms with van der Waals surface area (Å²) < 4.78 is 51.4. The predicted molar refractivity (Wildman–Crippen MR) is 103 cm³/mol. The Morgan fingerprint density at radius 2 is 1.77 bits per heavy atom. The van der Waals surface area contributed by atoms with Gasteiger partial charge in [-0.2, -0.15) is 4.98 Å². The van der Waals surface area contributed by atoms with Gasteiger partial charge < -0.3 is 19.1 Å². The van der Waals surface area contributed by atoms with Crippen molar-refractivity contribution in [3.63, 3.8) is 0 Å². The van der Waals surface area contributed by atoms with Crippen molar-refractivity contribution in [1.29, 1.82) is 0 Å². The fourth-order valence-electron chi connectivity index (χ4n) is 3.57. The first-order valence-electron chi connectivity index (χ1n) is 9.55. The summed E-state index contributed by atoms with van der Waals surface area (Å²) in [6, 6.07) is 12.6. The fourth-order valence-corrected chi connectivity index (χ4v) is 3.57. The lowest BCUT2D eigenvalue weighted by molar-refractivity contribution is -0.274. The van der Waals surface area contributed by atoms with Gasteiger partial charge in [0.15, 0.2) is 0 Å². The highest BCUT2D eigenvalue weighted by Gasteiger charge is 2.36. The van der Waals surface area contributed by atoms with E-state index in [2.05, 4.69) is 14.9 Å². The molecule has 1 aromatic heterocycles. The summed E-state index contributed by atoms with van der Waals surface area (Å²) in [6.45, 7) is 1.03. The van der Waals surface area contributed by atoms with E-state index in [0.29, 0.717) is 31.0 Å². The van der Waals surface area contributed by atoms with Crippen LogP contribution in [0, 0.1) is 0 Å². The number of benzene rings is 2. The van der Waals surface area contributed by atoms with E-state index in [4.69, 9.17) is 9.26 Å². The molecule has 0 amide bonds. The van der Waals surface area contributed by atoms with E-state index in [-0.39, 0.29) is 17.6 Å². The number of nitrogens with zero attached hydrogens (tertiary/aromatic N) is 3. The van der Waals surface area contributed by atoms with Gasteiger partial charge in [0.05, 0.1) is 19.3 Å². The SMILES string of the molecule is COc1ccc(CN2CC(O)CC2c2nc(-c3ccc(OC(F)(F)F)cc3)no2)cc1. The topological polar surface area (TPSA) is 80.9 Å². The third kappa shape index (κ3) is 5.15. The number of aliphatic hydroxyl groups is 1. The molecule has 0 saturated carbocycles. The van der Waals surface area contributed by atoms with Crippen LogP contribution >= 0.6 is 0 Å². The second-order valence-electron chi connectivity index (χ2n) is 7.21. The Kier molecular flexibility index (Phi) is 5.84. The molecule has 1 saturated heterocycles. The van der Waals surface area contributed by atoms with Crippen LogP contribution in [0.2, 0.25) is 0 Å². The van der Waals surface area contributed by atoms with Crippen molar-refractivity contribution in [2.75, 3.05) is 13.7 Å². The summed E-state index contributed by atoms with van der Waals surface area (Å²) in [6.07, 6.45) is -4.84. The zero-order valence-corrected chi connectivity index (χ0v) is 16.5. The molecule has 0 bridgehead atoms. The molecule has 1 aliphatic rings. The van der Waals surface area contributed by atoms with E-state index in [9.17, 15) is 18.3 Å². The van der Waals surface area contributed by atoms with Crippen molar-refractivity contribution < 1.29 is 32.3 Å². The molecular weight excluding hydrogens is 415 g/mol. The van der Waals surface area contributed by atoms with Crippen LogP contribution in [0.3, 0.4) is 0 Å². The molecule has 0 aliphatic carbocycles. The lowest BCUT2D eigenvalue weighted by atomic mass is 10.1. The summed E-state index contributed by atoms with van der Waals surface area (Å²) in [5.74, 6) is 1.02. The van der Waals surface area contributed by atoms with E-state index in [1.54, 1.807) is 7.11 Å². The van der Waals surface area contributed by atoms with E-state index in [1.165, 1.54) is 24.3 Å². The minimum atomic E-state index is -4.75. The molecule has 164 valence electrons. The van der Waals surface area contributed by atoms with Crippen LogP contribution in [-0.4, -0.2) is 46.3 Å². The number of β-amino-alcohol motifs (C(OH)–C–C–N with tert-alkyl or cyclic N) is 1. The largest absolute Gasteiger partial charge is 0.573 e. The minimum Gasteiger partial charge on any atom is -0.497 e. The molecule has 7 nitrogen and oxygen atoms in total. The summed E-state index contributed by atoms with van der Waals surface area (Å²) >= 11 is 0. The smallest absolute Gasteiger partial charge is 0.497 e. The lowest BCUT2D eigenvalue weighted by Gasteiger charge is -2.21. The predicted octanol–water partition coefficient (Wildman–Crippen LogP) is 3.95. The molecule has 2 aromatic carbocycles. The Labute approximate surface area is 176 Å². The molecule has 2 heterocycles. The van der Waals surface area contributed by atoms with Crippen LogP contribution in [0.5, 0.6) is 11.5 Å². The Hall–Kier alpha value is -3.11. The number of methoxy groups -OCH3 is 1. The van der Waals surface area contributed by atoms with Gasteiger partial charge in [0.25, 0.3) is 0 Å². The maximum absolute atomic E-state index is 12.3. The number of alkyl halides is 3. The van der Waals surface area contributed by atoms with Crippen molar-refractivity contribution in [2.24, 2.45) is 0 Å². The number of aliphatic hydroxyl groups excluding tert-OH is 1. The highest BCUT2D eigenvalue weighted by molar-refractivity contribution is 5.55.